The molecule has 0 fully saturated rings. The monoisotopic (exact) mass is 381 g/mol. The van der Waals surface area contributed by atoms with Crippen LogP contribution >= 0.6 is 11.6 Å². The molecule has 0 bridgehead atoms. The number of aromatic nitrogens is 1. The number of ether oxygens (including phenoxy) is 1. The molecule has 2 rings (SSSR count). The minimum atomic E-state index is -4.41. The molecule has 2 aromatic rings. The maximum Gasteiger partial charge on any atom is 0.416 e. The van der Waals surface area contributed by atoms with Gasteiger partial charge in [0.25, 0.3) is 0 Å². The average molecular weight is 382 g/mol. The van der Waals surface area contributed by atoms with Gasteiger partial charge in [0, 0.05) is 12.3 Å². The van der Waals surface area contributed by atoms with Crippen LogP contribution < -0.4 is 0 Å². The third-order valence-corrected chi connectivity index (χ3v) is 3.55. The van der Waals surface area contributed by atoms with Gasteiger partial charge in [-0.2, -0.15) is 13.2 Å². The van der Waals surface area contributed by atoms with Gasteiger partial charge in [-0.3, -0.25) is 0 Å². The molecule has 0 radical (unpaired) electrons. The summed E-state index contributed by atoms with van der Waals surface area (Å²) in [5.74, 6) is -0.511. The van der Waals surface area contributed by atoms with Crippen LogP contribution in [0.4, 0.5) is 13.2 Å². The molecule has 0 amide bonds. The third-order valence-electron chi connectivity index (χ3n) is 3.34. The van der Waals surface area contributed by atoms with E-state index in [-0.39, 0.29) is 11.8 Å². The molecule has 0 saturated heterocycles. The maximum atomic E-state index is 12.8. The van der Waals surface area contributed by atoms with Gasteiger partial charge in [-0.05, 0) is 47.9 Å². The van der Waals surface area contributed by atoms with Crippen LogP contribution in [0.5, 0.6) is 0 Å². The number of carbonyl (C=O) groups is 1. The van der Waals surface area contributed by atoms with Gasteiger partial charge in [-0.1, -0.05) is 35.9 Å². The quantitative estimate of drug-likeness (QED) is 0.305. The smallest absolute Gasteiger partial charge is 0.416 e. The van der Waals surface area contributed by atoms with Crippen molar-refractivity contribution in [3.63, 3.8) is 0 Å². The Bertz CT molecular complexity index is 827. The Kier molecular flexibility index (Phi) is 6.58. The number of halogens is 4. The minimum absolute atomic E-state index is 0.245. The molecule has 1 heterocycles. The summed E-state index contributed by atoms with van der Waals surface area (Å²) in [6, 6.07) is 7.99. The number of carbonyl (C=O) groups excluding carboxylic acids is 1. The first-order valence-corrected chi connectivity index (χ1v) is 8.03. The van der Waals surface area contributed by atoms with Gasteiger partial charge >= 0.3 is 12.1 Å². The van der Waals surface area contributed by atoms with Gasteiger partial charge in [0.2, 0.25) is 0 Å². The van der Waals surface area contributed by atoms with Crippen LogP contribution in [0.1, 0.15) is 23.6 Å². The van der Waals surface area contributed by atoms with Crippen molar-refractivity contribution >= 4 is 23.1 Å². The predicted molar refractivity (Wildman–Crippen MR) is 93.5 cm³/mol. The number of alkyl halides is 3. The molecule has 0 unspecified atom stereocenters. The molecule has 0 aliphatic carbocycles. The van der Waals surface area contributed by atoms with Crippen LogP contribution in [-0.4, -0.2) is 17.6 Å². The highest BCUT2D eigenvalue weighted by atomic mass is 35.5. The maximum absolute atomic E-state index is 12.8. The molecule has 0 N–H and O–H groups in total. The number of benzene rings is 1. The van der Waals surface area contributed by atoms with E-state index in [0.29, 0.717) is 16.7 Å². The zero-order valence-corrected chi connectivity index (χ0v) is 14.5. The Balaban J connectivity index is 2.42. The lowest BCUT2D eigenvalue weighted by atomic mass is 9.97. The summed E-state index contributed by atoms with van der Waals surface area (Å²) in [7, 11) is 0. The van der Waals surface area contributed by atoms with E-state index in [4.69, 9.17) is 16.3 Å². The number of esters is 1. The lowest BCUT2D eigenvalue weighted by molar-refractivity contribution is -0.138. The van der Waals surface area contributed by atoms with E-state index in [9.17, 15) is 18.0 Å². The van der Waals surface area contributed by atoms with Crippen LogP contribution in [-0.2, 0) is 15.7 Å². The molecule has 0 saturated carbocycles. The van der Waals surface area contributed by atoms with Crippen molar-refractivity contribution in [1.29, 1.82) is 0 Å². The molecule has 26 heavy (non-hydrogen) atoms. The summed E-state index contributed by atoms with van der Waals surface area (Å²) >= 11 is 5.91. The lowest BCUT2D eigenvalue weighted by Crippen LogP contribution is -2.04. The topological polar surface area (TPSA) is 39.2 Å². The Morgan fingerprint density at radius 1 is 1.19 bits per heavy atom. The molecule has 3 nitrogen and oxygen atoms in total. The van der Waals surface area contributed by atoms with Gasteiger partial charge in [-0.25, -0.2) is 9.78 Å². The minimum Gasteiger partial charge on any atom is -0.463 e. The first-order chi connectivity index (χ1) is 12.3. The SMILES string of the molecule is CCOC(=O)/C=C/C=C(/c1ccc(C(F)(F)F)cc1)c1ccnc(Cl)c1. The van der Waals surface area contributed by atoms with E-state index >= 15 is 0 Å². The van der Waals surface area contributed by atoms with Crippen LogP contribution in [0.25, 0.3) is 5.57 Å². The van der Waals surface area contributed by atoms with E-state index in [1.165, 1.54) is 30.5 Å². The summed E-state index contributed by atoms with van der Waals surface area (Å²) in [6.45, 7) is 1.94. The van der Waals surface area contributed by atoms with E-state index in [0.717, 1.165) is 12.1 Å². The van der Waals surface area contributed by atoms with Gasteiger partial charge in [0.05, 0.1) is 12.2 Å². The number of hydrogen-bond donors (Lipinski definition) is 0. The van der Waals surface area contributed by atoms with Crippen LogP contribution in [0.2, 0.25) is 5.15 Å². The predicted octanol–water partition coefficient (Wildman–Crippen LogP) is 5.30. The second-order valence-electron chi connectivity index (χ2n) is 5.13. The Hall–Kier alpha value is -2.60. The van der Waals surface area contributed by atoms with Crippen molar-refractivity contribution < 1.29 is 22.7 Å². The van der Waals surface area contributed by atoms with E-state index in [2.05, 4.69) is 4.98 Å². The molecular weight excluding hydrogens is 367 g/mol. The number of nitrogens with zero attached hydrogens (tertiary/aromatic N) is 1. The highest BCUT2D eigenvalue weighted by Crippen LogP contribution is 2.31. The number of allylic oxidation sites excluding steroid dienone is 2. The Morgan fingerprint density at radius 2 is 1.88 bits per heavy atom. The molecule has 1 aromatic heterocycles. The van der Waals surface area contributed by atoms with Gasteiger partial charge < -0.3 is 4.74 Å². The Morgan fingerprint density at radius 3 is 2.46 bits per heavy atom. The first kappa shape index (κ1) is 19.7. The van der Waals surface area contributed by atoms with Crippen molar-refractivity contribution in [2.45, 2.75) is 13.1 Å². The summed E-state index contributed by atoms with van der Waals surface area (Å²) < 4.78 is 43.1. The summed E-state index contributed by atoms with van der Waals surface area (Å²) in [4.78, 5) is 15.3. The van der Waals surface area contributed by atoms with Crippen LogP contribution in [0.3, 0.4) is 0 Å². The molecule has 0 atom stereocenters. The number of hydrogen-bond acceptors (Lipinski definition) is 3. The fraction of sp³-hybridized carbons (Fsp3) is 0.158. The molecule has 7 heteroatoms. The standard InChI is InChI=1S/C19H15ClF3NO2/c1-2-26-18(25)5-3-4-16(14-10-11-24-17(20)12-14)13-6-8-15(9-7-13)19(21,22)23/h3-12H,2H2,1H3/b5-3+,16-4-. The van der Waals surface area contributed by atoms with E-state index in [1.54, 1.807) is 25.1 Å². The van der Waals surface area contributed by atoms with Crippen molar-refractivity contribution in [2.75, 3.05) is 6.61 Å². The molecular formula is C19H15ClF3NO2. The van der Waals surface area contributed by atoms with Gasteiger partial charge in [0.15, 0.2) is 0 Å². The van der Waals surface area contributed by atoms with Crippen molar-refractivity contribution in [3.8, 4) is 0 Å². The fourth-order valence-electron chi connectivity index (χ4n) is 2.18. The summed E-state index contributed by atoms with van der Waals surface area (Å²) in [6.07, 6.45) is 1.39. The second kappa shape index (κ2) is 8.67. The largest absolute Gasteiger partial charge is 0.463 e. The molecule has 0 aliphatic heterocycles. The summed E-state index contributed by atoms with van der Waals surface area (Å²) in [5, 5.41) is 0.245. The normalized spacial score (nSPS) is 12.4. The first-order valence-electron chi connectivity index (χ1n) is 7.66. The number of pyridine rings is 1. The third kappa shape index (κ3) is 5.46. The van der Waals surface area contributed by atoms with Crippen LogP contribution in [0.15, 0.2) is 60.8 Å². The molecule has 0 spiro atoms. The van der Waals surface area contributed by atoms with Crippen molar-refractivity contribution in [2.24, 2.45) is 0 Å². The van der Waals surface area contributed by atoms with Crippen LogP contribution in [0, 0.1) is 0 Å². The second-order valence-corrected chi connectivity index (χ2v) is 5.52. The zero-order valence-electron chi connectivity index (χ0n) is 13.8. The molecule has 1 aromatic carbocycles. The summed E-state index contributed by atoms with van der Waals surface area (Å²) in [5.41, 5.74) is 1.03. The fourth-order valence-corrected chi connectivity index (χ4v) is 2.36. The average Bonchev–Trinajstić information content (AvgIpc) is 2.58. The Labute approximate surface area is 153 Å². The van der Waals surface area contributed by atoms with Gasteiger partial charge in [-0.15, -0.1) is 0 Å². The van der Waals surface area contributed by atoms with Crippen molar-refractivity contribution in [1.82, 2.24) is 4.98 Å². The van der Waals surface area contributed by atoms with Gasteiger partial charge in [0.1, 0.15) is 5.15 Å². The highest BCUT2D eigenvalue weighted by molar-refractivity contribution is 6.29. The number of rotatable bonds is 5. The van der Waals surface area contributed by atoms with E-state index in [1.807, 2.05) is 0 Å². The zero-order chi connectivity index (χ0) is 19.2. The molecule has 0 aliphatic rings. The highest BCUT2D eigenvalue weighted by Gasteiger charge is 2.30. The van der Waals surface area contributed by atoms with E-state index < -0.39 is 17.7 Å². The molecule has 136 valence electrons. The lowest BCUT2D eigenvalue weighted by Gasteiger charge is -2.11. The van der Waals surface area contributed by atoms with Crippen molar-refractivity contribution in [3.05, 3.63) is 82.7 Å².